The molecule has 0 amide bonds. The Kier molecular flexibility index (Phi) is 3.96. The van der Waals surface area contributed by atoms with Crippen molar-refractivity contribution in [2.45, 2.75) is 25.7 Å². The van der Waals surface area contributed by atoms with Crippen LogP contribution in [0.5, 0.6) is 0 Å². The van der Waals surface area contributed by atoms with Crippen LogP contribution in [0.3, 0.4) is 0 Å². The largest absolute Gasteiger partial charge is 0.395 e. The molecule has 0 aromatic heterocycles. The predicted octanol–water partition coefficient (Wildman–Crippen LogP) is 1.88. The smallest absolute Gasteiger partial charge is 0.201 e. The maximum Gasteiger partial charge on any atom is 0.201 e. The fraction of sp³-hybridized carbons (Fsp3) is 0.308. The molecule has 0 radical (unpaired) electrons. The van der Waals surface area contributed by atoms with Crippen LogP contribution in [-0.4, -0.2) is 14.2 Å². The lowest BCUT2D eigenvalue weighted by Gasteiger charge is -2.16. The number of nitrogens with two attached hydrogens (primary N) is 1. The van der Waals surface area contributed by atoms with E-state index in [0.29, 0.717) is 0 Å². The Morgan fingerprint density at radius 3 is 2.11 bits per heavy atom. The van der Waals surface area contributed by atoms with Crippen LogP contribution in [0.4, 0.5) is 0 Å². The lowest BCUT2D eigenvalue weighted by molar-refractivity contribution is -0.122. The summed E-state index contributed by atoms with van der Waals surface area (Å²) in [5.41, 5.74) is 4.61. The Balaban J connectivity index is 3.14. The highest BCUT2D eigenvalue weighted by molar-refractivity contribution is 7.94. The van der Waals surface area contributed by atoms with Crippen molar-refractivity contribution in [3.05, 3.63) is 41.4 Å². The van der Waals surface area contributed by atoms with Gasteiger partial charge in [0.05, 0.1) is 16.0 Å². The predicted molar refractivity (Wildman–Crippen MR) is 70.4 cm³/mol. The zero-order chi connectivity index (χ0) is 14.0. The van der Waals surface area contributed by atoms with Crippen LogP contribution in [0.15, 0.2) is 46.3 Å². The van der Waals surface area contributed by atoms with Crippen LogP contribution in [0.1, 0.15) is 20.8 Å². The fourth-order valence-electron chi connectivity index (χ4n) is 1.33. The van der Waals surface area contributed by atoms with Crippen LogP contribution >= 0.6 is 0 Å². The number of benzene rings is 1. The number of ketones is 1. The SMILES string of the molecule is CC(C)(C)C(=O)/C(N)=C/S(=O)(=O)c1ccccc1. The number of hydrogen-bond donors (Lipinski definition) is 1. The summed E-state index contributed by atoms with van der Waals surface area (Å²) < 4.78 is 23.9. The van der Waals surface area contributed by atoms with Gasteiger partial charge < -0.3 is 5.73 Å². The second-order valence-electron chi connectivity index (χ2n) is 5.01. The van der Waals surface area contributed by atoms with Crippen LogP contribution in [-0.2, 0) is 14.6 Å². The number of rotatable bonds is 3. The minimum atomic E-state index is -3.67. The molecule has 0 heterocycles. The standard InChI is InChI=1S/C13H17NO3S/c1-13(2,3)12(15)11(14)9-18(16,17)10-7-5-4-6-8-10/h4-9H,14H2,1-3H3/b11-9-. The molecule has 5 heteroatoms. The average molecular weight is 267 g/mol. The van der Waals surface area contributed by atoms with E-state index in [1.807, 2.05) is 0 Å². The van der Waals surface area contributed by atoms with Crippen molar-refractivity contribution in [1.29, 1.82) is 0 Å². The molecule has 0 bridgehead atoms. The van der Waals surface area contributed by atoms with Crippen LogP contribution < -0.4 is 5.73 Å². The van der Waals surface area contributed by atoms with E-state index < -0.39 is 15.3 Å². The first kappa shape index (κ1) is 14.4. The van der Waals surface area contributed by atoms with Gasteiger partial charge in [0.2, 0.25) is 9.84 Å². The molecule has 0 spiro atoms. The molecule has 0 saturated carbocycles. The maximum atomic E-state index is 12.0. The van der Waals surface area contributed by atoms with E-state index in [2.05, 4.69) is 0 Å². The molecule has 1 aromatic carbocycles. The fourth-order valence-corrected chi connectivity index (χ4v) is 2.45. The summed E-state index contributed by atoms with van der Waals surface area (Å²) in [5.74, 6) is -0.387. The Hall–Kier alpha value is -1.62. The molecule has 0 atom stereocenters. The van der Waals surface area contributed by atoms with Gasteiger partial charge in [-0.15, -0.1) is 0 Å². The summed E-state index contributed by atoms with van der Waals surface area (Å²) >= 11 is 0. The van der Waals surface area contributed by atoms with Gasteiger partial charge in [-0.3, -0.25) is 4.79 Å². The molecule has 4 nitrogen and oxygen atoms in total. The van der Waals surface area contributed by atoms with E-state index in [1.165, 1.54) is 12.1 Å². The first-order valence-corrected chi connectivity index (χ1v) is 7.01. The summed E-state index contributed by atoms with van der Waals surface area (Å²) in [6.07, 6.45) is 0. The van der Waals surface area contributed by atoms with Crippen LogP contribution in [0.25, 0.3) is 0 Å². The topological polar surface area (TPSA) is 77.2 Å². The van der Waals surface area contributed by atoms with Crippen molar-refractivity contribution in [3.8, 4) is 0 Å². The Labute approximate surface area is 107 Å². The molecule has 2 N–H and O–H groups in total. The van der Waals surface area contributed by atoms with E-state index in [0.717, 1.165) is 5.41 Å². The Bertz CT molecular complexity index is 566. The molecular weight excluding hydrogens is 250 g/mol. The number of Topliss-reactive ketones (excluding diaryl/α,β-unsaturated/α-hetero) is 1. The molecule has 0 saturated heterocycles. The molecule has 0 unspecified atom stereocenters. The summed E-state index contributed by atoms with van der Waals surface area (Å²) in [6, 6.07) is 7.86. The lowest BCUT2D eigenvalue weighted by atomic mass is 9.89. The zero-order valence-electron chi connectivity index (χ0n) is 10.7. The van der Waals surface area contributed by atoms with E-state index in [9.17, 15) is 13.2 Å². The molecule has 0 aliphatic rings. The summed E-state index contributed by atoms with van der Waals surface area (Å²) in [4.78, 5) is 11.9. The van der Waals surface area contributed by atoms with Crippen molar-refractivity contribution in [3.63, 3.8) is 0 Å². The van der Waals surface area contributed by atoms with Gasteiger partial charge in [0.1, 0.15) is 0 Å². The highest BCUT2D eigenvalue weighted by Crippen LogP contribution is 2.19. The third kappa shape index (κ3) is 3.43. The average Bonchev–Trinajstić information content (AvgIpc) is 2.27. The van der Waals surface area contributed by atoms with Crippen molar-refractivity contribution >= 4 is 15.6 Å². The van der Waals surface area contributed by atoms with Gasteiger partial charge in [0, 0.05) is 5.41 Å². The van der Waals surface area contributed by atoms with E-state index in [-0.39, 0.29) is 16.4 Å². The normalized spacial score (nSPS) is 13.4. The maximum absolute atomic E-state index is 12.0. The van der Waals surface area contributed by atoms with Crippen molar-refractivity contribution in [2.24, 2.45) is 11.1 Å². The summed E-state index contributed by atoms with van der Waals surface area (Å²) in [6.45, 7) is 5.06. The second-order valence-corrected chi connectivity index (χ2v) is 6.81. The van der Waals surface area contributed by atoms with Crippen LogP contribution in [0.2, 0.25) is 0 Å². The van der Waals surface area contributed by atoms with Gasteiger partial charge in [-0.2, -0.15) is 0 Å². The van der Waals surface area contributed by atoms with Gasteiger partial charge in [-0.25, -0.2) is 8.42 Å². The number of sulfone groups is 1. The first-order valence-electron chi connectivity index (χ1n) is 5.47. The molecule has 1 aromatic rings. The molecule has 98 valence electrons. The quantitative estimate of drug-likeness (QED) is 0.848. The van der Waals surface area contributed by atoms with Gasteiger partial charge in [0.15, 0.2) is 5.78 Å². The molecule has 1 rings (SSSR count). The lowest BCUT2D eigenvalue weighted by Crippen LogP contribution is -2.26. The molecule has 18 heavy (non-hydrogen) atoms. The van der Waals surface area contributed by atoms with Gasteiger partial charge in [-0.05, 0) is 12.1 Å². The number of carbonyl (C=O) groups excluding carboxylic acids is 1. The second kappa shape index (κ2) is 4.94. The minimum Gasteiger partial charge on any atom is -0.395 e. The minimum absolute atomic E-state index is 0.120. The third-order valence-electron chi connectivity index (χ3n) is 2.30. The van der Waals surface area contributed by atoms with Crippen molar-refractivity contribution < 1.29 is 13.2 Å². The summed E-state index contributed by atoms with van der Waals surface area (Å²) in [7, 11) is -3.67. The molecule has 0 aliphatic heterocycles. The number of allylic oxidation sites excluding steroid dienone is 1. The molecule has 0 fully saturated rings. The van der Waals surface area contributed by atoms with E-state index >= 15 is 0 Å². The van der Waals surface area contributed by atoms with Gasteiger partial charge in [-0.1, -0.05) is 39.0 Å². The summed E-state index contributed by atoms with van der Waals surface area (Å²) in [5, 5.41) is 0.829. The first-order chi connectivity index (χ1) is 8.14. The van der Waals surface area contributed by atoms with Crippen molar-refractivity contribution in [1.82, 2.24) is 0 Å². The number of hydrogen-bond acceptors (Lipinski definition) is 4. The van der Waals surface area contributed by atoms with Crippen molar-refractivity contribution in [2.75, 3.05) is 0 Å². The monoisotopic (exact) mass is 267 g/mol. The third-order valence-corrected chi connectivity index (χ3v) is 3.79. The Morgan fingerprint density at radius 1 is 1.17 bits per heavy atom. The zero-order valence-corrected chi connectivity index (χ0v) is 11.5. The Morgan fingerprint density at radius 2 is 1.67 bits per heavy atom. The van der Waals surface area contributed by atoms with E-state index in [4.69, 9.17) is 5.73 Å². The highest BCUT2D eigenvalue weighted by atomic mass is 32.2. The van der Waals surface area contributed by atoms with Gasteiger partial charge in [0.25, 0.3) is 0 Å². The van der Waals surface area contributed by atoms with Crippen LogP contribution in [0, 0.1) is 5.41 Å². The molecule has 0 aliphatic carbocycles. The highest BCUT2D eigenvalue weighted by Gasteiger charge is 2.25. The number of carbonyl (C=O) groups is 1. The molecular formula is C13H17NO3S. The van der Waals surface area contributed by atoms with E-state index in [1.54, 1.807) is 39.0 Å². The van der Waals surface area contributed by atoms with Gasteiger partial charge >= 0.3 is 0 Å².